The number of hydrogen-bond acceptors (Lipinski definition) is 3. The van der Waals surface area contributed by atoms with Crippen LogP contribution >= 0.6 is 11.8 Å². The zero-order valence-electron chi connectivity index (χ0n) is 13.6. The number of rotatable bonds is 5. The maximum absolute atomic E-state index is 11.9. The summed E-state index contributed by atoms with van der Waals surface area (Å²) < 4.78 is 0. The molecule has 3 N–H and O–H groups in total. The summed E-state index contributed by atoms with van der Waals surface area (Å²) in [5, 5.41) is 15.9. The second-order valence-electron chi connectivity index (χ2n) is 6.39. The van der Waals surface area contributed by atoms with Crippen molar-refractivity contribution >= 4 is 17.8 Å². The van der Waals surface area contributed by atoms with Crippen LogP contribution in [0.2, 0.25) is 0 Å². The summed E-state index contributed by atoms with van der Waals surface area (Å²) >= 11 is 1.73. The van der Waals surface area contributed by atoms with Gasteiger partial charge in [0.1, 0.15) is 0 Å². The molecule has 1 fully saturated rings. The van der Waals surface area contributed by atoms with E-state index >= 15 is 0 Å². The minimum atomic E-state index is -0.737. The number of thioether (sulfide) groups is 1. The molecule has 1 aliphatic heterocycles. The Kier molecular flexibility index (Phi) is 5.75. The third-order valence-corrected chi connectivity index (χ3v) is 5.30. The highest BCUT2D eigenvalue weighted by Gasteiger charge is 2.32. The SMILES string of the molecule is Cc1ccc(C[C@@H](C)NC(=O)NC[C@]2(O)CCSC2)c(C)c1. The van der Waals surface area contributed by atoms with E-state index in [1.165, 1.54) is 16.7 Å². The van der Waals surface area contributed by atoms with Crippen LogP contribution in [0.15, 0.2) is 18.2 Å². The van der Waals surface area contributed by atoms with Crippen LogP contribution in [0, 0.1) is 13.8 Å². The zero-order valence-corrected chi connectivity index (χ0v) is 14.4. The normalized spacial score (nSPS) is 22.4. The first kappa shape index (κ1) is 17.2. The number of benzene rings is 1. The Morgan fingerprint density at radius 3 is 2.86 bits per heavy atom. The molecule has 0 spiro atoms. The van der Waals surface area contributed by atoms with Crippen molar-refractivity contribution in [2.45, 2.75) is 45.3 Å². The number of aryl methyl sites for hydroxylation is 2. The molecule has 5 heteroatoms. The van der Waals surface area contributed by atoms with Gasteiger partial charge in [-0.3, -0.25) is 0 Å². The number of carbonyl (C=O) groups is 1. The van der Waals surface area contributed by atoms with Gasteiger partial charge in [0.15, 0.2) is 0 Å². The van der Waals surface area contributed by atoms with Crippen molar-refractivity contribution in [3.8, 4) is 0 Å². The monoisotopic (exact) mass is 322 g/mol. The molecule has 2 atom stereocenters. The lowest BCUT2D eigenvalue weighted by Crippen LogP contribution is -2.48. The fourth-order valence-corrected chi connectivity index (χ4v) is 4.01. The Morgan fingerprint density at radius 1 is 1.45 bits per heavy atom. The number of amides is 2. The molecule has 2 rings (SSSR count). The molecule has 0 saturated carbocycles. The Bertz CT molecular complexity index is 527. The molecule has 0 bridgehead atoms. The molecular weight excluding hydrogens is 296 g/mol. The molecule has 2 amide bonds. The maximum atomic E-state index is 11.9. The average molecular weight is 322 g/mol. The molecule has 22 heavy (non-hydrogen) atoms. The fourth-order valence-electron chi connectivity index (χ4n) is 2.71. The largest absolute Gasteiger partial charge is 0.387 e. The highest BCUT2D eigenvalue weighted by Crippen LogP contribution is 2.26. The van der Waals surface area contributed by atoms with Crippen LogP contribution in [0.3, 0.4) is 0 Å². The molecule has 122 valence electrons. The van der Waals surface area contributed by atoms with Gasteiger partial charge >= 0.3 is 6.03 Å². The summed E-state index contributed by atoms with van der Waals surface area (Å²) in [5.74, 6) is 1.66. The molecule has 1 aliphatic rings. The Morgan fingerprint density at radius 2 is 2.23 bits per heavy atom. The molecule has 1 saturated heterocycles. The summed E-state index contributed by atoms with van der Waals surface area (Å²) in [6, 6.07) is 6.23. The smallest absolute Gasteiger partial charge is 0.315 e. The van der Waals surface area contributed by atoms with Crippen LogP contribution in [-0.2, 0) is 6.42 Å². The van der Waals surface area contributed by atoms with Gasteiger partial charge in [-0.15, -0.1) is 0 Å². The van der Waals surface area contributed by atoms with Crippen LogP contribution < -0.4 is 10.6 Å². The molecule has 1 heterocycles. The highest BCUT2D eigenvalue weighted by molar-refractivity contribution is 7.99. The van der Waals surface area contributed by atoms with E-state index in [0.29, 0.717) is 12.3 Å². The van der Waals surface area contributed by atoms with E-state index in [9.17, 15) is 9.90 Å². The van der Waals surface area contributed by atoms with E-state index in [1.807, 2.05) is 6.92 Å². The van der Waals surface area contributed by atoms with Crippen LogP contribution in [-0.4, -0.2) is 40.8 Å². The topological polar surface area (TPSA) is 61.4 Å². The summed E-state index contributed by atoms with van der Waals surface area (Å²) in [7, 11) is 0. The molecule has 4 nitrogen and oxygen atoms in total. The molecule has 1 aromatic carbocycles. The summed E-state index contributed by atoms with van der Waals surface area (Å²) in [4.78, 5) is 11.9. The number of hydrogen-bond donors (Lipinski definition) is 3. The number of aliphatic hydroxyl groups is 1. The lowest BCUT2D eigenvalue weighted by atomic mass is 10.00. The van der Waals surface area contributed by atoms with Crippen molar-refractivity contribution in [3.05, 3.63) is 34.9 Å². The average Bonchev–Trinajstić information content (AvgIpc) is 2.87. The predicted octanol–water partition coefficient (Wildman–Crippen LogP) is 2.40. The third-order valence-electron chi connectivity index (χ3n) is 4.06. The van der Waals surface area contributed by atoms with Gasteiger partial charge in [0, 0.05) is 18.3 Å². The third kappa shape index (κ3) is 4.92. The number of nitrogens with one attached hydrogen (secondary N) is 2. The van der Waals surface area contributed by atoms with Crippen molar-refractivity contribution < 1.29 is 9.90 Å². The minimum Gasteiger partial charge on any atom is -0.387 e. The van der Waals surface area contributed by atoms with Crippen LogP contribution in [0.25, 0.3) is 0 Å². The van der Waals surface area contributed by atoms with Gasteiger partial charge in [0.2, 0.25) is 0 Å². The molecule has 1 aromatic rings. The maximum Gasteiger partial charge on any atom is 0.315 e. The summed E-state index contributed by atoms with van der Waals surface area (Å²) in [6.07, 6.45) is 1.55. The van der Waals surface area contributed by atoms with E-state index in [4.69, 9.17) is 0 Å². The van der Waals surface area contributed by atoms with E-state index in [2.05, 4.69) is 42.7 Å². The van der Waals surface area contributed by atoms with Crippen molar-refractivity contribution in [2.24, 2.45) is 0 Å². The predicted molar refractivity (Wildman–Crippen MR) is 92.5 cm³/mol. The van der Waals surface area contributed by atoms with E-state index < -0.39 is 5.60 Å². The first-order valence-corrected chi connectivity index (χ1v) is 8.94. The summed E-state index contributed by atoms with van der Waals surface area (Å²) in [6.45, 7) is 6.50. The van der Waals surface area contributed by atoms with Gasteiger partial charge in [-0.1, -0.05) is 23.8 Å². The standard InChI is InChI=1S/C17H26N2O2S/c1-12-4-5-15(13(2)8-12)9-14(3)19-16(20)18-10-17(21)6-7-22-11-17/h4-5,8,14,21H,6-7,9-11H2,1-3H3,(H2,18,19,20)/t14-,17-/m1/s1. The van der Waals surface area contributed by atoms with Crippen molar-refractivity contribution in [1.29, 1.82) is 0 Å². The number of urea groups is 1. The Labute approximate surface area is 137 Å². The van der Waals surface area contributed by atoms with Crippen LogP contribution in [0.5, 0.6) is 0 Å². The van der Waals surface area contributed by atoms with Gasteiger partial charge in [0.05, 0.1) is 5.60 Å². The lowest BCUT2D eigenvalue weighted by molar-refractivity contribution is 0.0699. The lowest BCUT2D eigenvalue weighted by Gasteiger charge is -2.23. The molecule has 0 aromatic heterocycles. The van der Waals surface area contributed by atoms with Crippen LogP contribution in [0.4, 0.5) is 4.79 Å². The second-order valence-corrected chi connectivity index (χ2v) is 7.49. The van der Waals surface area contributed by atoms with Crippen molar-refractivity contribution in [3.63, 3.8) is 0 Å². The van der Waals surface area contributed by atoms with Gasteiger partial charge in [-0.2, -0.15) is 11.8 Å². The zero-order chi connectivity index (χ0) is 16.2. The molecule has 0 unspecified atom stereocenters. The Balaban J connectivity index is 1.78. The Hall–Kier alpha value is -1.20. The first-order chi connectivity index (χ1) is 10.4. The van der Waals surface area contributed by atoms with Gasteiger partial charge < -0.3 is 15.7 Å². The second kappa shape index (κ2) is 7.38. The molecule has 0 radical (unpaired) electrons. The van der Waals surface area contributed by atoms with Gasteiger partial charge in [-0.25, -0.2) is 4.79 Å². The molecular formula is C17H26N2O2S. The first-order valence-electron chi connectivity index (χ1n) is 7.79. The van der Waals surface area contributed by atoms with E-state index in [0.717, 1.165) is 18.6 Å². The van der Waals surface area contributed by atoms with E-state index in [-0.39, 0.29) is 12.1 Å². The van der Waals surface area contributed by atoms with E-state index in [1.54, 1.807) is 11.8 Å². The highest BCUT2D eigenvalue weighted by atomic mass is 32.2. The fraction of sp³-hybridized carbons (Fsp3) is 0.588. The van der Waals surface area contributed by atoms with Gasteiger partial charge in [0.25, 0.3) is 0 Å². The van der Waals surface area contributed by atoms with Crippen molar-refractivity contribution in [2.75, 3.05) is 18.1 Å². The quantitative estimate of drug-likeness (QED) is 0.780. The number of carbonyl (C=O) groups excluding carboxylic acids is 1. The summed E-state index contributed by atoms with van der Waals surface area (Å²) in [5.41, 5.74) is 3.02. The van der Waals surface area contributed by atoms with Gasteiger partial charge in [-0.05, 0) is 50.5 Å². The van der Waals surface area contributed by atoms with Crippen molar-refractivity contribution in [1.82, 2.24) is 10.6 Å². The minimum absolute atomic E-state index is 0.0500. The van der Waals surface area contributed by atoms with Crippen LogP contribution in [0.1, 0.15) is 30.0 Å². The molecule has 0 aliphatic carbocycles.